The molecule has 2 aromatic carbocycles. The Kier molecular flexibility index (Phi) is 3.41. The quantitative estimate of drug-likeness (QED) is 0.799. The number of anilines is 2. The van der Waals surface area contributed by atoms with Crippen LogP contribution in [0.15, 0.2) is 48.5 Å². The number of carbonyl (C=O) groups is 2. The van der Waals surface area contributed by atoms with Gasteiger partial charge in [-0.15, -0.1) is 0 Å². The minimum atomic E-state index is -0.405. The van der Waals surface area contributed by atoms with Crippen molar-refractivity contribution in [3.05, 3.63) is 59.7 Å². The zero-order valence-corrected chi connectivity index (χ0v) is 13.9. The first kappa shape index (κ1) is 14.9. The maximum Gasteiger partial charge on any atom is 0.256 e. The minimum absolute atomic E-state index is 0.118. The monoisotopic (exact) mass is 320 g/mol. The largest absolute Gasteiger partial charge is 0.356 e. The van der Waals surface area contributed by atoms with Crippen molar-refractivity contribution in [1.29, 1.82) is 0 Å². The predicted molar refractivity (Wildman–Crippen MR) is 94.2 cm³/mol. The maximum atomic E-state index is 13.0. The average Bonchev–Trinajstić information content (AvgIpc) is 3.04. The standard InChI is InChI=1S/C20H20N2O2/c1-13-7-9-16(10-8-13)22-19(23)12-18(20(22)24)21-14(2)11-15-5-3-4-6-17(15)21/h3-10,14,18H,11-12H2,1-2H3. The van der Waals surface area contributed by atoms with Crippen molar-refractivity contribution < 1.29 is 9.59 Å². The number of nitrogens with zero attached hydrogens (tertiary/aromatic N) is 2. The van der Waals surface area contributed by atoms with Crippen LogP contribution in [0.4, 0.5) is 11.4 Å². The lowest BCUT2D eigenvalue weighted by molar-refractivity contribution is -0.121. The Morgan fingerprint density at radius 1 is 0.958 bits per heavy atom. The fourth-order valence-electron chi connectivity index (χ4n) is 3.86. The van der Waals surface area contributed by atoms with E-state index in [1.807, 2.05) is 49.4 Å². The average molecular weight is 320 g/mol. The molecule has 0 aliphatic carbocycles. The number of benzene rings is 2. The van der Waals surface area contributed by atoms with Gasteiger partial charge in [0.25, 0.3) is 5.91 Å². The normalized spacial score (nSPS) is 23.1. The molecule has 1 fully saturated rings. The summed E-state index contributed by atoms with van der Waals surface area (Å²) in [4.78, 5) is 29.0. The number of para-hydroxylation sites is 1. The van der Waals surface area contributed by atoms with Crippen LogP contribution in [0.2, 0.25) is 0 Å². The van der Waals surface area contributed by atoms with E-state index < -0.39 is 6.04 Å². The summed E-state index contributed by atoms with van der Waals surface area (Å²) in [5, 5.41) is 0. The van der Waals surface area contributed by atoms with Gasteiger partial charge in [-0.1, -0.05) is 35.9 Å². The van der Waals surface area contributed by atoms with E-state index in [0.717, 1.165) is 17.7 Å². The van der Waals surface area contributed by atoms with Crippen molar-refractivity contribution in [1.82, 2.24) is 0 Å². The molecule has 0 N–H and O–H groups in total. The van der Waals surface area contributed by atoms with E-state index in [9.17, 15) is 9.59 Å². The van der Waals surface area contributed by atoms with Crippen LogP contribution in [0.1, 0.15) is 24.5 Å². The summed E-state index contributed by atoms with van der Waals surface area (Å²) in [6, 6.07) is 15.5. The number of aryl methyl sites for hydroxylation is 1. The van der Waals surface area contributed by atoms with E-state index in [1.165, 1.54) is 10.5 Å². The minimum Gasteiger partial charge on any atom is -0.356 e. The molecule has 2 unspecified atom stereocenters. The molecule has 2 amide bonds. The Hall–Kier alpha value is -2.62. The first-order chi connectivity index (χ1) is 11.6. The smallest absolute Gasteiger partial charge is 0.256 e. The second-order valence-corrected chi connectivity index (χ2v) is 6.71. The molecular formula is C20H20N2O2. The number of amides is 2. The van der Waals surface area contributed by atoms with Crippen LogP contribution in [-0.2, 0) is 16.0 Å². The van der Waals surface area contributed by atoms with Gasteiger partial charge >= 0.3 is 0 Å². The molecule has 0 aromatic heterocycles. The van der Waals surface area contributed by atoms with Gasteiger partial charge in [0.2, 0.25) is 5.91 Å². The summed E-state index contributed by atoms with van der Waals surface area (Å²) < 4.78 is 0. The highest BCUT2D eigenvalue weighted by Crippen LogP contribution is 2.37. The van der Waals surface area contributed by atoms with E-state index >= 15 is 0 Å². The highest BCUT2D eigenvalue weighted by atomic mass is 16.2. The van der Waals surface area contributed by atoms with Gasteiger partial charge in [0.05, 0.1) is 12.1 Å². The summed E-state index contributed by atoms with van der Waals surface area (Å²) in [5.74, 6) is -0.238. The summed E-state index contributed by atoms with van der Waals surface area (Å²) >= 11 is 0. The highest BCUT2D eigenvalue weighted by molar-refractivity contribution is 6.23. The number of carbonyl (C=O) groups excluding carboxylic acids is 2. The Labute approximate surface area is 141 Å². The lowest BCUT2D eigenvalue weighted by Crippen LogP contribution is -2.45. The third-order valence-electron chi connectivity index (χ3n) is 5.01. The number of hydrogen-bond acceptors (Lipinski definition) is 3. The van der Waals surface area contributed by atoms with E-state index in [4.69, 9.17) is 0 Å². The van der Waals surface area contributed by atoms with Crippen LogP contribution >= 0.6 is 0 Å². The van der Waals surface area contributed by atoms with Crippen LogP contribution in [0.5, 0.6) is 0 Å². The van der Waals surface area contributed by atoms with Gasteiger partial charge in [-0.05, 0) is 44.0 Å². The Morgan fingerprint density at radius 3 is 2.42 bits per heavy atom. The molecule has 24 heavy (non-hydrogen) atoms. The van der Waals surface area contributed by atoms with Crippen LogP contribution in [0.25, 0.3) is 0 Å². The van der Waals surface area contributed by atoms with E-state index in [0.29, 0.717) is 5.69 Å². The number of imide groups is 1. The molecule has 0 bridgehead atoms. The van der Waals surface area contributed by atoms with E-state index in [2.05, 4.69) is 17.9 Å². The highest BCUT2D eigenvalue weighted by Gasteiger charge is 2.46. The van der Waals surface area contributed by atoms with Gasteiger partial charge in [-0.3, -0.25) is 9.59 Å². The third kappa shape index (κ3) is 2.21. The molecule has 122 valence electrons. The van der Waals surface area contributed by atoms with E-state index in [-0.39, 0.29) is 24.3 Å². The first-order valence-corrected chi connectivity index (χ1v) is 8.36. The van der Waals surface area contributed by atoms with E-state index in [1.54, 1.807) is 0 Å². The number of hydrogen-bond donors (Lipinski definition) is 0. The zero-order valence-electron chi connectivity index (χ0n) is 13.9. The van der Waals surface area contributed by atoms with Crippen LogP contribution in [-0.4, -0.2) is 23.9 Å². The number of fused-ring (bicyclic) bond motifs is 1. The molecule has 2 heterocycles. The molecule has 0 spiro atoms. The summed E-state index contributed by atoms with van der Waals surface area (Å²) in [6.07, 6.45) is 1.16. The fraction of sp³-hybridized carbons (Fsp3) is 0.300. The Bertz CT molecular complexity index is 813. The molecule has 0 radical (unpaired) electrons. The van der Waals surface area contributed by atoms with Crippen molar-refractivity contribution in [2.75, 3.05) is 9.80 Å². The molecule has 2 atom stereocenters. The molecule has 4 heteroatoms. The van der Waals surface area contributed by atoms with Crippen LogP contribution in [0, 0.1) is 6.92 Å². The van der Waals surface area contributed by atoms with Gasteiger partial charge in [0, 0.05) is 11.7 Å². The predicted octanol–water partition coefficient (Wildman–Crippen LogP) is 3.08. The van der Waals surface area contributed by atoms with Gasteiger partial charge < -0.3 is 4.90 Å². The molecule has 1 saturated heterocycles. The molecule has 4 rings (SSSR count). The van der Waals surface area contributed by atoms with Crippen LogP contribution < -0.4 is 9.80 Å². The molecule has 2 aliphatic heterocycles. The molecule has 2 aromatic rings. The fourth-order valence-corrected chi connectivity index (χ4v) is 3.86. The lowest BCUT2D eigenvalue weighted by atomic mass is 10.1. The number of rotatable bonds is 2. The first-order valence-electron chi connectivity index (χ1n) is 8.36. The van der Waals surface area contributed by atoms with Gasteiger partial charge in [-0.25, -0.2) is 4.90 Å². The maximum absolute atomic E-state index is 13.0. The molecule has 4 nitrogen and oxygen atoms in total. The topological polar surface area (TPSA) is 40.6 Å². The summed E-state index contributed by atoms with van der Waals surface area (Å²) in [7, 11) is 0. The van der Waals surface area contributed by atoms with Gasteiger partial charge in [0.15, 0.2) is 0 Å². The van der Waals surface area contributed by atoms with Gasteiger partial charge in [-0.2, -0.15) is 0 Å². The second kappa shape index (κ2) is 5.48. The lowest BCUT2D eigenvalue weighted by Gasteiger charge is -2.30. The third-order valence-corrected chi connectivity index (χ3v) is 5.01. The summed E-state index contributed by atoms with van der Waals surface area (Å²) in [6.45, 7) is 4.11. The van der Waals surface area contributed by atoms with Crippen molar-refractivity contribution in [3.63, 3.8) is 0 Å². The van der Waals surface area contributed by atoms with Crippen LogP contribution in [0.3, 0.4) is 0 Å². The summed E-state index contributed by atoms with van der Waals surface area (Å²) in [5.41, 5.74) is 4.11. The Balaban J connectivity index is 1.68. The van der Waals surface area contributed by atoms with Crippen molar-refractivity contribution in [2.24, 2.45) is 0 Å². The SMILES string of the molecule is Cc1ccc(N2C(=O)CC(N3c4ccccc4CC3C)C2=O)cc1. The molecule has 0 saturated carbocycles. The molecular weight excluding hydrogens is 300 g/mol. The molecule has 2 aliphatic rings. The van der Waals surface area contributed by atoms with Crippen molar-refractivity contribution in [3.8, 4) is 0 Å². The van der Waals surface area contributed by atoms with Crippen molar-refractivity contribution >= 4 is 23.2 Å². The second-order valence-electron chi connectivity index (χ2n) is 6.71. The Morgan fingerprint density at radius 2 is 1.67 bits per heavy atom. The van der Waals surface area contributed by atoms with Gasteiger partial charge in [0.1, 0.15) is 6.04 Å². The van der Waals surface area contributed by atoms with Crippen molar-refractivity contribution in [2.45, 2.75) is 38.8 Å². The zero-order chi connectivity index (χ0) is 16.8.